The summed E-state index contributed by atoms with van der Waals surface area (Å²) in [5.74, 6) is 2.35. The summed E-state index contributed by atoms with van der Waals surface area (Å²) in [5.41, 5.74) is 1.30. The van der Waals surface area contributed by atoms with Gasteiger partial charge in [0.05, 0.1) is 6.10 Å². The third-order valence-electron chi connectivity index (χ3n) is 4.70. The van der Waals surface area contributed by atoms with Gasteiger partial charge in [0.2, 0.25) is 0 Å². The minimum atomic E-state index is -0.0733. The van der Waals surface area contributed by atoms with E-state index in [1.54, 1.807) is 0 Å². The molecule has 0 heterocycles. The first kappa shape index (κ1) is 17.0. The van der Waals surface area contributed by atoms with Crippen LogP contribution in [-0.2, 0) is 0 Å². The number of aliphatic hydroxyl groups excluding tert-OH is 1. The highest BCUT2D eigenvalue weighted by Crippen LogP contribution is 2.29. The van der Waals surface area contributed by atoms with Gasteiger partial charge in [-0.3, -0.25) is 0 Å². The van der Waals surface area contributed by atoms with Gasteiger partial charge in [0.25, 0.3) is 0 Å². The zero-order valence-electron chi connectivity index (χ0n) is 14.3. The molecule has 3 heteroatoms. The van der Waals surface area contributed by atoms with E-state index in [1.165, 1.54) is 5.56 Å². The largest absolute Gasteiger partial charge is 0.457 e. The third kappa shape index (κ3) is 4.59. The van der Waals surface area contributed by atoms with Crippen molar-refractivity contribution in [3.63, 3.8) is 0 Å². The number of para-hydroxylation sites is 1. The normalized spacial score (nSPS) is 21.1. The van der Waals surface area contributed by atoms with Gasteiger partial charge in [-0.2, -0.15) is 0 Å². The fourth-order valence-corrected chi connectivity index (χ4v) is 3.24. The van der Waals surface area contributed by atoms with E-state index in [0.717, 1.165) is 43.7 Å². The first-order chi connectivity index (χ1) is 11.7. The van der Waals surface area contributed by atoms with Crippen LogP contribution in [0.15, 0.2) is 54.6 Å². The lowest BCUT2D eigenvalue weighted by atomic mass is 9.82. The van der Waals surface area contributed by atoms with Crippen molar-refractivity contribution in [2.24, 2.45) is 5.92 Å². The Hall–Kier alpha value is -1.84. The van der Waals surface area contributed by atoms with Gasteiger partial charge in [0.1, 0.15) is 11.5 Å². The average Bonchev–Trinajstić information content (AvgIpc) is 2.58. The summed E-state index contributed by atoms with van der Waals surface area (Å²) in [6, 6.07) is 18.6. The van der Waals surface area contributed by atoms with Crippen molar-refractivity contribution in [3.8, 4) is 11.5 Å². The minimum absolute atomic E-state index is 0.0733. The maximum Gasteiger partial charge on any atom is 0.127 e. The van der Waals surface area contributed by atoms with Crippen molar-refractivity contribution >= 4 is 0 Å². The number of aliphatic hydroxyl groups is 1. The molecule has 0 spiro atoms. The molecule has 2 aromatic rings. The molecule has 1 unspecified atom stereocenters. The molecule has 0 aromatic heterocycles. The molecule has 1 aliphatic carbocycles. The Morgan fingerprint density at radius 2 is 1.71 bits per heavy atom. The van der Waals surface area contributed by atoms with Crippen LogP contribution < -0.4 is 10.1 Å². The average molecular weight is 325 g/mol. The van der Waals surface area contributed by atoms with Crippen molar-refractivity contribution in [1.82, 2.24) is 5.32 Å². The molecular formula is C21H27NO2. The van der Waals surface area contributed by atoms with E-state index >= 15 is 0 Å². The summed E-state index contributed by atoms with van der Waals surface area (Å²) in [4.78, 5) is 0. The van der Waals surface area contributed by atoms with Crippen LogP contribution >= 0.6 is 0 Å². The van der Waals surface area contributed by atoms with Crippen LogP contribution in [0.2, 0.25) is 0 Å². The topological polar surface area (TPSA) is 41.5 Å². The van der Waals surface area contributed by atoms with Gasteiger partial charge in [-0.25, -0.2) is 0 Å². The second-order valence-corrected chi connectivity index (χ2v) is 6.72. The smallest absolute Gasteiger partial charge is 0.127 e. The highest BCUT2D eigenvalue weighted by molar-refractivity contribution is 5.34. The van der Waals surface area contributed by atoms with Gasteiger partial charge in [-0.1, -0.05) is 43.7 Å². The van der Waals surface area contributed by atoms with E-state index < -0.39 is 0 Å². The van der Waals surface area contributed by atoms with Gasteiger partial charge < -0.3 is 15.2 Å². The molecule has 1 aliphatic rings. The maximum atomic E-state index is 9.41. The Kier molecular flexibility index (Phi) is 5.89. The Balaban J connectivity index is 1.58. The first-order valence-electron chi connectivity index (χ1n) is 8.99. The second kappa shape index (κ2) is 8.32. The molecular weight excluding hydrogens is 298 g/mol. The second-order valence-electron chi connectivity index (χ2n) is 6.72. The standard InChI is InChI=1S/C21H27NO2/c1-2-6-21(22-15-16-13-18(23)14-16)17-9-11-20(12-10-17)24-19-7-4-3-5-8-19/h3-5,7-12,16,18,21-23H,2,6,13-15H2,1H3. The summed E-state index contributed by atoms with van der Waals surface area (Å²) < 4.78 is 5.86. The number of hydrogen-bond acceptors (Lipinski definition) is 3. The highest BCUT2D eigenvalue weighted by atomic mass is 16.5. The van der Waals surface area contributed by atoms with Gasteiger partial charge >= 0.3 is 0 Å². The fourth-order valence-electron chi connectivity index (χ4n) is 3.24. The van der Waals surface area contributed by atoms with Crippen LogP contribution in [0.3, 0.4) is 0 Å². The fraction of sp³-hybridized carbons (Fsp3) is 0.429. The van der Waals surface area contributed by atoms with Crippen molar-refractivity contribution in [1.29, 1.82) is 0 Å². The van der Waals surface area contributed by atoms with Crippen LogP contribution in [0.25, 0.3) is 0 Å². The maximum absolute atomic E-state index is 9.41. The van der Waals surface area contributed by atoms with Crippen LogP contribution in [0.4, 0.5) is 0 Å². The predicted molar refractivity (Wildman–Crippen MR) is 97.3 cm³/mol. The zero-order valence-corrected chi connectivity index (χ0v) is 14.3. The van der Waals surface area contributed by atoms with Gasteiger partial charge in [0, 0.05) is 6.04 Å². The first-order valence-corrected chi connectivity index (χ1v) is 8.99. The molecule has 128 valence electrons. The molecule has 0 saturated heterocycles. The monoisotopic (exact) mass is 325 g/mol. The van der Waals surface area contributed by atoms with E-state index in [0.29, 0.717) is 12.0 Å². The molecule has 0 amide bonds. The molecule has 2 N–H and O–H groups in total. The Morgan fingerprint density at radius 3 is 2.33 bits per heavy atom. The number of rotatable bonds is 8. The van der Waals surface area contributed by atoms with Gasteiger partial charge in [-0.05, 0) is 61.6 Å². The minimum Gasteiger partial charge on any atom is -0.457 e. The molecule has 1 saturated carbocycles. The van der Waals surface area contributed by atoms with Gasteiger partial charge in [-0.15, -0.1) is 0 Å². The predicted octanol–water partition coefficient (Wildman–Crippen LogP) is 4.68. The lowest BCUT2D eigenvalue weighted by Crippen LogP contribution is -2.37. The molecule has 3 nitrogen and oxygen atoms in total. The van der Waals surface area contributed by atoms with Crippen LogP contribution in [0, 0.1) is 5.92 Å². The molecule has 1 fully saturated rings. The SMILES string of the molecule is CCCC(NCC1CC(O)C1)c1ccc(Oc2ccccc2)cc1. The van der Waals surface area contributed by atoms with E-state index in [2.05, 4.69) is 24.4 Å². The quantitative estimate of drug-likeness (QED) is 0.740. The van der Waals surface area contributed by atoms with Crippen molar-refractivity contribution in [3.05, 3.63) is 60.2 Å². The highest BCUT2D eigenvalue weighted by Gasteiger charge is 2.27. The molecule has 0 radical (unpaired) electrons. The Bertz CT molecular complexity index is 605. The van der Waals surface area contributed by atoms with Crippen molar-refractivity contribution in [2.45, 2.75) is 44.8 Å². The number of nitrogens with one attached hydrogen (secondary N) is 1. The van der Waals surface area contributed by atoms with Crippen LogP contribution in [-0.4, -0.2) is 17.8 Å². The van der Waals surface area contributed by atoms with Crippen LogP contribution in [0.5, 0.6) is 11.5 Å². The lowest BCUT2D eigenvalue weighted by molar-refractivity contribution is 0.0417. The summed E-state index contributed by atoms with van der Waals surface area (Å²) in [5, 5.41) is 13.1. The molecule has 3 rings (SSSR count). The molecule has 0 bridgehead atoms. The van der Waals surface area contributed by atoms with Crippen LogP contribution in [0.1, 0.15) is 44.2 Å². The van der Waals surface area contributed by atoms with E-state index in [4.69, 9.17) is 4.74 Å². The Morgan fingerprint density at radius 1 is 1.04 bits per heavy atom. The summed E-state index contributed by atoms with van der Waals surface area (Å²) in [7, 11) is 0. The molecule has 2 aromatic carbocycles. The van der Waals surface area contributed by atoms with Crippen molar-refractivity contribution < 1.29 is 9.84 Å². The number of hydrogen-bond donors (Lipinski definition) is 2. The molecule has 0 aliphatic heterocycles. The summed E-state index contributed by atoms with van der Waals surface area (Å²) in [6.45, 7) is 3.21. The van der Waals surface area contributed by atoms with Crippen molar-refractivity contribution in [2.75, 3.05) is 6.54 Å². The van der Waals surface area contributed by atoms with E-state index in [-0.39, 0.29) is 6.10 Å². The number of benzene rings is 2. The molecule has 1 atom stereocenters. The summed E-state index contributed by atoms with van der Waals surface area (Å²) >= 11 is 0. The Labute approximate surface area is 144 Å². The van der Waals surface area contributed by atoms with E-state index in [9.17, 15) is 5.11 Å². The number of ether oxygens (including phenoxy) is 1. The third-order valence-corrected chi connectivity index (χ3v) is 4.70. The van der Waals surface area contributed by atoms with Gasteiger partial charge in [0.15, 0.2) is 0 Å². The zero-order chi connectivity index (χ0) is 16.8. The summed E-state index contributed by atoms with van der Waals surface area (Å²) in [6.07, 6.45) is 4.07. The van der Waals surface area contributed by atoms with E-state index in [1.807, 2.05) is 42.5 Å². The molecule has 24 heavy (non-hydrogen) atoms. The lowest BCUT2D eigenvalue weighted by Gasteiger charge is -2.33.